The predicted octanol–water partition coefficient (Wildman–Crippen LogP) is 2.63. The molecule has 3 N–H and O–H groups in total. The number of allylic oxidation sites excluding steroid dienone is 1. The lowest BCUT2D eigenvalue weighted by molar-refractivity contribution is -0.121. The Morgan fingerprint density at radius 3 is 2.53 bits per heavy atom. The molecule has 2 aliphatic heterocycles. The van der Waals surface area contributed by atoms with Gasteiger partial charge >= 0.3 is 0 Å². The van der Waals surface area contributed by atoms with Crippen molar-refractivity contribution in [3.63, 3.8) is 0 Å². The molecule has 32 heavy (non-hydrogen) atoms. The first-order valence-electron chi connectivity index (χ1n) is 12.1. The van der Waals surface area contributed by atoms with Gasteiger partial charge in [-0.05, 0) is 56.6 Å². The van der Waals surface area contributed by atoms with Gasteiger partial charge in [0.2, 0.25) is 0 Å². The fourth-order valence-electron chi connectivity index (χ4n) is 5.52. The standard InChI is InChI=1S/C26H38N4O2/c1-20(31)23-19-28-14-17-30(23)22-12-13-26(32-2,25(27)21-10-6-5-7-11-21)24(18-22)29-15-8-3-4-9-16-29/h5-7,10-13,18,23-25,28H,3-4,8-9,14-17,19,27H2,1-2H3. The molecule has 4 rings (SSSR count). The van der Waals surface area contributed by atoms with Gasteiger partial charge < -0.3 is 20.7 Å². The minimum atomic E-state index is -0.672. The number of benzene rings is 1. The van der Waals surface area contributed by atoms with Crippen LogP contribution in [0.3, 0.4) is 0 Å². The third-order valence-corrected chi connectivity index (χ3v) is 7.38. The highest BCUT2D eigenvalue weighted by molar-refractivity contribution is 5.82. The van der Waals surface area contributed by atoms with Crippen molar-refractivity contribution in [3.05, 3.63) is 59.8 Å². The highest BCUT2D eigenvalue weighted by Crippen LogP contribution is 2.39. The van der Waals surface area contributed by atoms with Crippen molar-refractivity contribution >= 4 is 5.78 Å². The van der Waals surface area contributed by atoms with Gasteiger partial charge in [0.1, 0.15) is 5.60 Å². The van der Waals surface area contributed by atoms with Crippen LogP contribution in [-0.4, -0.2) is 73.1 Å². The first kappa shape index (κ1) is 23.2. The molecule has 6 heteroatoms. The highest BCUT2D eigenvalue weighted by atomic mass is 16.5. The van der Waals surface area contributed by atoms with Crippen molar-refractivity contribution in [2.24, 2.45) is 5.73 Å². The van der Waals surface area contributed by atoms with E-state index in [1.165, 1.54) is 25.7 Å². The summed E-state index contributed by atoms with van der Waals surface area (Å²) in [6.45, 7) is 6.14. The monoisotopic (exact) mass is 438 g/mol. The minimum Gasteiger partial charge on any atom is -0.370 e. The minimum absolute atomic E-state index is 0.00306. The van der Waals surface area contributed by atoms with E-state index < -0.39 is 5.60 Å². The molecule has 3 aliphatic rings. The molecule has 0 saturated carbocycles. The van der Waals surface area contributed by atoms with Crippen molar-refractivity contribution in [2.45, 2.75) is 56.3 Å². The molecule has 174 valence electrons. The second-order valence-electron chi connectivity index (χ2n) is 9.29. The van der Waals surface area contributed by atoms with E-state index in [1.54, 1.807) is 14.0 Å². The van der Waals surface area contributed by atoms with Crippen LogP contribution in [0.4, 0.5) is 0 Å². The fraction of sp³-hybridized carbons (Fsp3) is 0.577. The van der Waals surface area contributed by atoms with Crippen LogP contribution in [0.5, 0.6) is 0 Å². The molecule has 0 spiro atoms. The van der Waals surface area contributed by atoms with Crippen LogP contribution in [0.15, 0.2) is 54.3 Å². The van der Waals surface area contributed by atoms with Crippen LogP contribution >= 0.6 is 0 Å². The number of rotatable bonds is 6. The van der Waals surface area contributed by atoms with Gasteiger partial charge in [0.15, 0.2) is 5.78 Å². The van der Waals surface area contributed by atoms with Gasteiger partial charge in [0.05, 0.1) is 18.1 Å². The van der Waals surface area contributed by atoms with E-state index in [2.05, 4.69) is 45.5 Å². The van der Waals surface area contributed by atoms with Gasteiger partial charge in [-0.25, -0.2) is 0 Å². The lowest BCUT2D eigenvalue weighted by Gasteiger charge is -2.49. The zero-order valence-electron chi connectivity index (χ0n) is 19.5. The second kappa shape index (κ2) is 10.3. The summed E-state index contributed by atoms with van der Waals surface area (Å²) >= 11 is 0. The van der Waals surface area contributed by atoms with E-state index in [1.807, 2.05) is 18.2 Å². The topological polar surface area (TPSA) is 70.8 Å². The number of nitrogens with two attached hydrogens (primary N) is 1. The number of piperazine rings is 1. The summed E-state index contributed by atoms with van der Waals surface area (Å²) in [4.78, 5) is 17.2. The molecule has 0 bridgehead atoms. The van der Waals surface area contributed by atoms with Gasteiger partial charge in [0, 0.05) is 32.4 Å². The average molecular weight is 439 g/mol. The van der Waals surface area contributed by atoms with Crippen molar-refractivity contribution in [1.29, 1.82) is 0 Å². The zero-order valence-corrected chi connectivity index (χ0v) is 19.5. The van der Waals surface area contributed by atoms with Gasteiger partial charge in [-0.15, -0.1) is 0 Å². The maximum atomic E-state index is 12.4. The fourth-order valence-corrected chi connectivity index (χ4v) is 5.52. The number of ketones is 1. The van der Waals surface area contributed by atoms with Gasteiger partial charge in [-0.2, -0.15) is 0 Å². The van der Waals surface area contributed by atoms with Crippen LogP contribution < -0.4 is 11.1 Å². The molecule has 2 fully saturated rings. The molecular formula is C26H38N4O2. The number of carbonyl (C=O) groups is 1. The Morgan fingerprint density at radius 2 is 1.88 bits per heavy atom. The van der Waals surface area contributed by atoms with Crippen LogP contribution in [0.25, 0.3) is 0 Å². The predicted molar refractivity (Wildman–Crippen MR) is 128 cm³/mol. The Kier molecular flexibility index (Phi) is 7.46. The lowest BCUT2D eigenvalue weighted by atomic mass is 9.78. The highest BCUT2D eigenvalue weighted by Gasteiger charge is 2.47. The summed E-state index contributed by atoms with van der Waals surface area (Å²) in [6.07, 6.45) is 11.5. The molecule has 1 aromatic carbocycles. The first-order valence-corrected chi connectivity index (χ1v) is 12.1. The average Bonchev–Trinajstić information content (AvgIpc) is 3.13. The Bertz CT molecular complexity index is 831. The number of Topliss-reactive ketones (excluding diaryl/α,β-unsaturated/α-hetero) is 1. The van der Waals surface area contributed by atoms with Crippen LogP contribution in [0.2, 0.25) is 0 Å². The molecular weight excluding hydrogens is 400 g/mol. The van der Waals surface area contributed by atoms with Gasteiger partial charge in [-0.1, -0.05) is 43.2 Å². The first-order chi connectivity index (χ1) is 15.6. The molecule has 0 aromatic heterocycles. The molecule has 0 amide bonds. The van der Waals surface area contributed by atoms with E-state index in [9.17, 15) is 4.79 Å². The second-order valence-corrected chi connectivity index (χ2v) is 9.29. The van der Waals surface area contributed by atoms with Crippen molar-refractivity contribution < 1.29 is 9.53 Å². The van der Waals surface area contributed by atoms with Crippen LogP contribution in [0, 0.1) is 0 Å². The van der Waals surface area contributed by atoms with Crippen LogP contribution in [-0.2, 0) is 9.53 Å². The molecule has 1 aliphatic carbocycles. The number of hydrogen-bond acceptors (Lipinski definition) is 6. The molecule has 0 radical (unpaired) electrons. The number of hydrogen-bond donors (Lipinski definition) is 2. The number of nitrogens with zero attached hydrogens (tertiary/aromatic N) is 2. The van der Waals surface area contributed by atoms with Gasteiger partial charge in [0.25, 0.3) is 0 Å². The number of carbonyl (C=O) groups excluding carboxylic acids is 1. The normalized spacial score (nSPS) is 30.5. The van der Waals surface area contributed by atoms with E-state index in [0.717, 1.165) is 37.4 Å². The molecule has 4 atom stereocenters. The molecule has 6 nitrogen and oxygen atoms in total. The third kappa shape index (κ3) is 4.55. The molecule has 1 aromatic rings. The molecule has 4 unspecified atom stereocenters. The number of methoxy groups -OCH3 is 1. The number of ether oxygens (including phenoxy) is 1. The maximum absolute atomic E-state index is 12.4. The Morgan fingerprint density at radius 1 is 1.16 bits per heavy atom. The summed E-state index contributed by atoms with van der Waals surface area (Å²) in [6, 6.07) is 9.81. The SMILES string of the molecule is COC1(C(N)c2ccccc2)C=CC(N2CCNCC2C(C)=O)=CC1N1CCCCCC1. The van der Waals surface area contributed by atoms with Crippen molar-refractivity contribution in [2.75, 3.05) is 39.8 Å². The van der Waals surface area contributed by atoms with Crippen molar-refractivity contribution in [3.8, 4) is 0 Å². The molecule has 2 heterocycles. The zero-order chi connectivity index (χ0) is 22.6. The van der Waals surface area contributed by atoms with Crippen LogP contribution in [0.1, 0.15) is 44.2 Å². The summed E-state index contributed by atoms with van der Waals surface area (Å²) in [5, 5.41) is 3.37. The Labute approximate surface area is 192 Å². The van der Waals surface area contributed by atoms with E-state index in [0.29, 0.717) is 6.54 Å². The molecule has 2 saturated heterocycles. The number of nitrogens with one attached hydrogen (secondary N) is 1. The van der Waals surface area contributed by atoms with E-state index in [4.69, 9.17) is 10.5 Å². The summed E-state index contributed by atoms with van der Waals surface area (Å²) < 4.78 is 6.32. The van der Waals surface area contributed by atoms with E-state index in [-0.39, 0.29) is 23.9 Å². The Balaban J connectivity index is 1.73. The number of likely N-dealkylation sites (tertiary alicyclic amines) is 1. The maximum Gasteiger partial charge on any atom is 0.153 e. The third-order valence-electron chi connectivity index (χ3n) is 7.38. The summed E-state index contributed by atoms with van der Waals surface area (Å²) in [5.41, 5.74) is 8.44. The quantitative estimate of drug-likeness (QED) is 0.712. The van der Waals surface area contributed by atoms with E-state index >= 15 is 0 Å². The summed E-state index contributed by atoms with van der Waals surface area (Å²) in [5.74, 6) is 0.197. The smallest absolute Gasteiger partial charge is 0.153 e. The Hall–Kier alpha value is -1.99. The lowest BCUT2D eigenvalue weighted by Crippen LogP contribution is -2.60. The summed E-state index contributed by atoms with van der Waals surface area (Å²) in [7, 11) is 1.78. The largest absolute Gasteiger partial charge is 0.370 e. The van der Waals surface area contributed by atoms with Gasteiger partial charge in [-0.3, -0.25) is 9.69 Å². The van der Waals surface area contributed by atoms with Crippen molar-refractivity contribution in [1.82, 2.24) is 15.1 Å².